The molecule has 0 saturated heterocycles. The highest BCUT2D eigenvalue weighted by molar-refractivity contribution is 5.69. The number of aliphatic hydroxyl groups excluding tert-OH is 1. The lowest BCUT2D eigenvalue weighted by molar-refractivity contribution is -0.201. The van der Waals surface area contributed by atoms with Crippen LogP contribution in [0.2, 0.25) is 0 Å². The molecule has 2 unspecified atom stereocenters. The lowest BCUT2D eigenvalue weighted by Gasteiger charge is -2.15. The molecule has 0 aliphatic rings. The second-order valence-corrected chi connectivity index (χ2v) is 2.95. The van der Waals surface area contributed by atoms with E-state index in [2.05, 4.69) is 5.32 Å². The average Bonchev–Trinajstić information content (AvgIpc) is 2.01. The predicted molar refractivity (Wildman–Crippen MR) is 41.7 cm³/mol. The molecule has 0 saturated carbocycles. The van der Waals surface area contributed by atoms with Gasteiger partial charge in [0.15, 0.2) is 6.10 Å². The van der Waals surface area contributed by atoms with Crippen molar-refractivity contribution in [3.8, 4) is 0 Å². The fourth-order valence-electron chi connectivity index (χ4n) is 0.640. The topological polar surface area (TPSA) is 69.6 Å². The number of aliphatic hydroxyl groups is 1. The second-order valence-electron chi connectivity index (χ2n) is 2.95. The largest absolute Gasteiger partial charge is 0.481 e. The van der Waals surface area contributed by atoms with E-state index in [1.807, 2.05) is 0 Å². The van der Waals surface area contributed by atoms with E-state index in [1.54, 1.807) is 0 Å². The van der Waals surface area contributed by atoms with Crippen LogP contribution in [0.25, 0.3) is 0 Å². The van der Waals surface area contributed by atoms with Gasteiger partial charge in [-0.05, 0) is 0 Å². The molecule has 7 heteroatoms. The van der Waals surface area contributed by atoms with Crippen LogP contribution in [0, 0.1) is 5.92 Å². The Labute approximate surface area is 78.7 Å². The summed E-state index contributed by atoms with van der Waals surface area (Å²) in [6.07, 6.45) is -7.12. The van der Waals surface area contributed by atoms with Crippen molar-refractivity contribution < 1.29 is 28.2 Å². The summed E-state index contributed by atoms with van der Waals surface area (Å²) in [5.74, 6) is -1.88. The van der Waals surface area contributed by atoms with E-state index in [-0.39, 0.29) is 6.54 Å². The Kier molecular flexibility index (Phi) is 4.86. The molecule has 0 aromatic rings. The molecular formula is C7H12F3NO3. The molecule has 84 valence electrons. The molecule has 3 N–H and O–H groups in total. The van der Waals surface area contributed by atoms with Gasteiger partial charge in [0.05, 0.1) is 5.92 Å². The van der Waals surface area contributed by atoms with Crippen LogP contribution >= 0.6 is 0 Å². The molecule has 0 aliphatic carbocycles. The smallest absolute Gasteiger partial charge is 0.415 e. The molecule has 0 fully saturated rings. The van der Waals surface area contributed by atoms with Gasteiger partial charge in [0.25, 0.3) is 0 Å². The van der Waals surface area contributed by atoms with Crippen molar-refractivity contribution in [3.05, 3.63) is 0 Å². The summed E-state index contributed by atoms with van der Waals surface area (Å²) in [6.45, 7) is 0.554. The summed E-state index contributed by atoms with van der Waals surface area (Å²) < 4.78 is 35.2. The van der Waals surface area contributed by atoms with Gasteiger partial charge in [0.1, 0.15) is 0 Å². The Morgan fingerprint density at radius 3 is 2.29 bits per heavy atom. The van der Waals surface area contributed by atoms with Gasteiger partial charge in [-0.2, -0.15) is 13.2 Å². The zero-order valence-corrected chi connectivity index (χ0v) is 7.51. The zero-order valence-electron chi connectivity index (χ0n) is 7.51. The number of halogens is 3. The summed E-state index contributed by atoms with van der Waals surface area (Å²) in [7, 11) is 0. The molecule has 0 aromatic carbocycles. The Hall–Kier alpha value is -0.820. The van der Waals surface area contributed by atoms with E-state index in [1.165, 1.54) is 6.92 Å². The maximum absolute atomic E-state index is 11.7. The van der Waals surface area contributed by atoms with E-state index in [0.29, 0.717) is 0 Å². The monoisotopic (exact) mass is 215 g/mol. The maximum atomic E-state index is 11.7. The number of hydrogen-bond donors (Lipinski definition) is 3. The SMILES string of the molecule is CC(CNCC(O)C(F)(F)F)C(=O)O. The first kappa shape index (κ1) is 13.2. The molecule has 14 heavy (non-hydrogen) atoms. The van der Waals surface area contributed by atoms with E-state index < -0.39 is 30.7 Å². The number of carbonyl (C=O) groups is 1. The average molecular weight is 215 g/mol. The van der Waals surface area contributed by atoms with Crippen molar-refractivity contribution in [2.75, 3.05) is 13.1 Å². The quantitative estimate of drug-likeness (QED) is 0.613. The molecule has 0 spiro atoms. The Morgan fingerprint density at radius 1 is 1.43 bits per heavy atom. The highest BCUT2D eigenvalue weighted by Crippen LogP contribution is 2.19. The maximum Gasteiger partial charge on any atom is 0.415 e. The number of alkyl halides is 3. The van der Waals surface area contributed by atoms with Crippen molar-refractivity contribution >= 4 is 5.97 Å². The van der Waals surface area contributed by atoms with E-state index in [9.17, 15) is 18.0 Å². The highest BCUT2D eigenvalue weighted by atomic mass is 19.4. The minimum Gasteiger partial charge on any atom is -0.481 e. The third-order valence-electron chi connectivity index (χ3n) is 1.59. The number of rotatable bonds is 5. The molecule has 0 amide bonds. The van der Waals surface area contributed by atoms with E-state index in [4.69, 9.17) is 10.2 Å². The number of carboxylic acid groups (broad SMARTS) is 1. The van der Waals surface area contributed by atoms with Crippen molar-refractivity contribution in [2.45, 2.75) is 19.2 Å². The lowest BCUT2D eigenvalue weighted by atomic mass is 10.2. The van der Waals surface area contributed by atoms with Crippen LogP contribution in [0.3, 0.4) is 0 Å². The highest BCUT2D eigenvalue weighted by Gasteiger charge is 2.37. The first-order valence-corrected chi connectivity index (χ1v) is 3.93. The van der Waals surface area contributed by atoms with Gasteiger partial charge in [-0.3, -0.25) is 4.79 Å². The fourth-order valence-corrected chi connectivity index (χ4v) is 0.640. The van der Waals surface area contributed by atoms with E-state index >= 15 is 0 Å². The van der Waals surface area contributed by atoms with E-state index in [0.717, 1.165) is 0 Å². The van der Waals surface area contributed by atoms with Gasteiger partial charge in [0, 0.05) is 13.1 Å². The molecule has 2 atom stereocenters. The van der Waals surface area contributed by atoms with Gasteiger partial charge in [-0.25, -0.2) is 0 Å². The van der Waals surface area contributed by atoms with Crippen LogP contribution in [0.15, 0.2) is 0 Å². The van der Waals surface area contributed by atoms with Crippen LogP contribution in [0.1, 0.15) is 6.92 Å². The molecule has 0 radical (unpaired) electrons. The molecule has 0 bridgehead atoms. The third kappa shape index (κ3) is 5.03. The molecule has 4 nitrogen and oxygen atoms in total. The first-order chi connectivity index (χ1) is 6.25. The number of aliphatic carboxylic acids is 1. The van der Waals surface area contributed by atoms with Gasteiger partial charge in [-0.1, -0.05) is 6.92 Å². The molecular weight excluding hydrogens is 203 g/mol. The molecule has 0 rings (SSSR count). The first-order valence-electron chi connectivity index (χ1n) is 3.93. The number of carboxylic acids is 1. The van der Waals surface area contributed by atoms with Crippen LogP contribution in [0.4, 0.5) is 13.2 Å². The van der Waals surface area contributed by atoms with Gasteiger partial charge in [-0.15, -0.1) is 0 Å². The summed E-state index contributed by atoms with van der Waals surface area (Å²) in [6, 6.07) is 0. The van der Waals surface area contributed by atoms with Crippen molar-refractivity contribution in [3.63, 3.8) is 0 Å². The predicted octanol–water partition coefficient (Wildman–Crippen LogP) is 0.220. The Morgan fingerprint density at radius 2 is 1.93 bits per heavy atom. The minimum absolute atomic E-state index is 0.109. The molecule has 0 aromatic heterocycles. The lowest BCUT2D eigenvalue weighted by Crippen LogP contribution is -2.40. The normalized spacial score (nSPS) is 16.4. The van der Waals surface area contributed by atoms with Crippen molar-refractivity contribution in [1.29, 1.82) is 0 Å². The third-order valence-corrected chi connectivity index (χ3v) is 1.59. The zero-order chi connectivity index (χ0) is 11.4. The Bertz CT molecular complexity index is 195. The molecule has 0 aliphatic heterocycles. The summed E-state index contributed by atoms with van der Waals surface area (Å²) in [4.78, 5) is 10.2. The van der Waals surface area contributed by atoms with Crippen molar-refractivity contribution in [2.24, 2.45) is 5.92 Å². The van der Waals surface area contributed by atoms with Gasteiger partial charge in [0.2, 0.25) is 0 Å². The fraction of sp³-hybridized carbons (Fsp3) is 0.857. The summed E-state index contributed by atoms with van der Waals surface area (Å²) >= 11 is 0. The number of nitrogens with one attached hydrogen (secondary N) is 1. The van der Waals surface area contributed by atoms with Crippen LogP contribution in [-0.4, -0.2) is 41.6 Å². The van der Waals surface area contributed by atoms with Crippen LogP contribution in [0.5, 0.6) is 0 Å². The van der Waals surface area contributed by atoms with Gasteiger partial charge >= 0.3 is 12.1 Å². The summed E-state index contributed by atoms with van der Waals surface area (Å²) in [5, 5.41) is 19.1. The summed E-state index contributed by atoms with van der Waals surface area (Å²) in [5.41, 5.74) is 0. The second kappa shape index (κ2) is 5.16. The van der Waals surface area contributed by atoms with Crippen LogP contribution < -0.4 is 5.32 Å². The minimum atomic E-state index is -4.67. The van der Waals surface area contributed by atoms with Crippen LogP contribution in [-0.2, 0) is 4.79 Å². The van der Waals surface area contributed by atoms with Gasteiger partial charge < -0.3 is 15.5 Å². The Balaban J connectivity index is 3.70. The standard InChI is InChI=1S/C7H12F3NO3/c1-4(6(13)14)2-11-3-5(12)7(8,9)10/h4-5,11-12H,2-3H2,1H3,(H,13,14). The van der Waals surface area contributed by atoms with Crippen molar-refractivity contribution in [1.82, 2.24) is 5.32 Å². The number of hydrogen-bond acceptors (Lipinski definition) is 3. The molecule has 0 heterocycles.